The molecule has 3 aromatic rings. The lowest BCUT2D eigenvalue weighted by Crippen LogP contribution is -1.92. The van der Waals surface area contributed by atoms with Gasteiger partial charge in [0.25, 0.3) is 0 Å². The predicted molar refractivity (Wildman–Crippen MR) is 103 cm³/mol. The normalized spacial score (nSPS) is 14.1. The number of aromatic nitrogens is 2. The molecule has 2 N–H and O–H groups in total. The summed E-state index contributed by atoms with van der Waals surface area (Å²) in [6, 6.07) is 10.0. The number of hydrogen-bond acceptors (Lipinski definition) is 6. The average molecular weight is 348 g/mol. The van der Waals surface area contributed by atoms with E-state index in [4.69, 9.17) is 0 Å². The highest BCUT2D eigenvalue weighted by Crippen LogP contribution is 2.36. The largest absolute Gasteiger partial charge is 0.492 e. The monoisotopic (exact) mass is 348 g/mol. The van der Waals surface area contributed by atoms with Crippen molar-refractivity contribution in [1.29, 1.82) is 0 Å². The molecule has 0 spiro atoms. The maximum Gasteiger partial charge on any atom is 0.231 e. The molecule has 0 saturated carbocycles. The van der Waals surface area contributed by atoms with Crippen molar-refractivity contribution in [3.05, 3.63) is 58.1 Å². The van der Waals surface area contributed by atoms with Crippen LogP contribution < -0.4 is 5.32 Å². The molecule has 3 heterocycles. The smallest absolute Gasteiger partial charge is 0.231 e. The maximum absolute atomic E-state index is 10.2. The Balaban J connectivity index is 1.63. The molecule has 0 fully saturated rings. The molecule has 124 valence electrons. The molecule has 25 heavy (non-hydrogen) atoms. The molecule has 0 saturated heterocycles. The second-order valence-corrected chi connectivity index (χ2v) is 6.91. The van der Waals surface area contributed by atoms with Gasteiger partial charge in [0.05, 0.1) is 4.88 Å². The Bertz CT molecular complexity index is 1020. The minimum Gasteiger partial charge on any atom is -0.492 e. The van der Waals surface area contributed by atoms with E-state index in [1.807, 2.05) is 37.3 Å². The van der Waals surface area contributed by atoms with E-state index in [0.717, 1.165) is 22.4 Å². The molecule has 1 aliphatic rings. The Morgan fingerprint density at radius 2 is 2.08 bits per heavy atom. The second-order valence-electron chi connectivity index (χ2n) is 5.88. The molecule has 1 aliphatic heterocycles. The van der Waals surface area contributed by atoms with Crippen molar-refractivity contribution >= 4 is 45.8 Å². The van der Waals surface area contributed by atoms with E-state index >= 15 is 0 Å². The van der Waals surface area contributed by atoms with Gasteiger partial charge in [-0.3, -0.25) is 0 Å². The Labute approximate surface area is 149 Å². The Morgan fingerprint density at radius 3 is 2.92 bits per heavy atom. The number of aryl methyl sites for hydroxylation is 2. The van der Waals surface area contributed by atoms with Gasteiger partial charge in [-0.15, -0.1) is 0 Å². The van der Waals surface area contributed by atoms with Gasteiger partial charge in [0.2, 0.25) is 5.88 Å². The van der Waals surface area contributed by atoms with Crippen molar-refractivity contribution in [3.8, 4) is 5.88 Å². The van der Waals surface area contributed by atoms with Crippen molar-refractivity contribution in [1.82, 2.24) is 9.97 Å². The number of allylic oxidation sites excluding steroid dienone is 1. The first-order valence-corrected chi connectivity index (χ1v) is 8.67. The molecule has 0 aliphatic carbocycles. The fourth-order valence-electron chi connectivity index (χ4n) is 2.72. The van der Waals surface area contributed by atoms with Crippen LogP contribution in [0.5, 0.6) is 5.88 Å². The van der Waals surface area contributed by atoms with Crippen LogP contribution in [-0.2, 0) is 0 Å². The number of fused-ring (bicyclic) bond motifs is 1. The van der Waals surface area contributed by atoms with Crippen LogP contribution in [-0.4, -0.2) is 21.3 Å². The Hall–Kier alpha value is -2.99. The van der Waals surface area contributed by atoms with Gasteiger partial charge in [0, 0.05) is 29.2 Å². The fraction of sp³-hybridized carbons (Fsp3) is 0.105. The number of rotatable bonds is 3. The highest BCUT2D eigenvalue weighted by Gasteiger charge is 2.15. The molecule has 0 unspecified atom stereocenters. The molecule has 6 heteroatoms. The van der Waals surface area contributed by atoms with E-state index in [9.17, 15) is 5.11 Å². The molecule has 0 atom stereocenters. The summed E-state index contributed by atoms with van der Waals surface area (Å²) in [6.07, 6.45) is 5.36. The van der Waals surface area contributed by atoms with E-state index in [-0.39, 0.29) is 5.88 Å². The number of thiazole rings is 1. The van der Waals surface area contributed by atoms with E-state index in [2.05, 4.69) is 33.3 Å². The third-order valence-electron chi connectivity index (χ3n) is 3.97. The van der Waals surface area contributed by atoms with Crippen LogP contribution in [0.4, 0.5) is 16.6 Å². The summed E-state index contributed by atoms with van der Waals surface area (Å²) in [5.41, 5.74) is 5.20. The SMILES string of the molecule is Cc1ccc(Nc2nc(O)c(/C=C3\C=Nc4ncccc43)s2)c(C)c1. The number of nitrogens with one attached hydrogen (secondary N) is 1. The van der Waals surface area contributed by atoms with Crippen LogP contribution in [0.25, 0.3) is 11.6 Å². The number of nitrogens with zero attached hydrogens (tertiary/aromatic N) is 3. The highest BCUT2D eigenvalue weighted by atomic mass is 32.1. The maximum atomic E-state index is 10.2. The van der Waals surface area contributed by atoms with Crippen LogP contribution in [0, 0.1) is 13.8 Å². The van der Waals surface area contributed by atoms with Crippen LogP contribution in [0.1, 0.15) is 21.6 Å². The average Bonchev–Trinajstić information content (AvgIpc) is 3.15. The van der Waals surface area contributed by atoms with Gasteiger partial charge in [-0.05, 0) is 43.7 Å². The van der Waals surface area contributed by atoms with Gasteiger partial charge in [-0.25, -0.2) is 9.98 Å². The number of pyridine rings is 1. The number of aromatic hydroxyl groups is 1. The van der Waals surface area contributed by atoms with Gasteiger partial charge >= 0.3 is 0 Å². The van der Waals surface area contributed by atoms with Crippen molar-refractivity contribution in [2.24, 2.45) is 4.99 Å². The molecule has 1 aromatic carbocycles. The quantitative estimate of drug-likeness (QED) is 0.709. The van der Waals surface area contributed by atoms with Gasteiger partial charge in [0.15, 0.2) is 10.9 Å². The predicted octanol–water partition coefficient (Wildman–Crippen LogP) is 4.86. The lowest BCUT2D eigenvalue weighted by Gasteiger charge is -2.06. The van der Waals surface area contributed by atoms with Crippen LogP contribution in [0.3, 0.4) is 0 Å². The van der Waals surface area contributed by atoms with Crippen LogP contribution in [0.15, 0.2) is 41.5 Å². The lowest BCUT2D eigenvalue weighted by atomic mass is 10.1. The zero-order valence-electron chi connectivity index (χ0n) is 13.8. The minimum absolute atomic E-state index is 0.00973. The molecule has 0 radical (unpaired) electrons. The van der Waals surface area contributed by atoms with Gasteiger partial charge in [-0.1, -0.05) is 29.0 Å². The Morgan fingerprint density at radius 1 is 1.20 bits per heavy atom. The van der Waals surface area contributed by atoms with Crippen LogP contribution in [0.2, 0.25) is 0 Å². The van der Waals surface area contributed by atoms with Gasteiger partial charge in [-0.2, -0.15) is 4.98 Å². The van der Waals surface area contributed by atoms with Crippen LogP contribution >= 0.6 is 11.3 Å². The van der Waals surface area contributed by atoms with Crippen molar-refractivity contribution in [2.75, 3.05) is 5.32 Å². The number of anilines is 2. The molecular formula is C19H16N4OS. The zero-order chi connectivity index (χ0) is 17.4. The summed E-state index contributed by atoms with van der Waals surface area (Å²) < 4.78 is 0. The Kier molecular flexibility index (Phi) is 3.82. The minimum atomic E-state index is 0.00973. The van der Waals surface area contributed by atoms with E-state index < -0.39 is 0 Å². The topological polar surface area (TPSA) is 70.4 Å². The highest BCUT2D eigenvalue weighted by molar-refractivity contribution is 7.16. The molecule has 0 amide bonds. The summed E-state index contributed by atoms with van der Waals surface area (Å²) in [4.78, 5) is 13.4. The summed E-state index contributed by atoms with van der Waals surface area (Å²) in [6.45, 7) is 4.11. The standard InChI is InChI=1S/C19H16N4OS/c1-11-5-6-15(12(2)8-11)22-19-23-18(24)16(25-19)9-13-10-21-17-14(13)4-3-7-20-17/h3-10,24H,1-2H3,(H,22,23)/b13-9+. The molecule has 0 bridgehead atoms. The fourth-order valence-corrected chi connectivity index (χ4v) is 3.55. The number of hydrogen-bond donors (Lipinski definition) is 2. The first-order chi connectivity index (χ1) is 12.1. The lowest BCUT2D eigenvalue weighted by molar-refractivity contribution is 0.457. The van der Waals surface area contributed by atoms with E-state index in [1.54, 1.807) is 12.4 Å². The third-order valence-corrected chi connectivity index (χ3v) is 4.88. The molecule has 4 rings (SSSR count). The number of aliphatic imine (C=N–C) groups is 1. The zero-order valence-corrected chi connectivity index (χ0v) is 14.6. The molecule has 5 nitrogen and oxygen atoms in total. The summed E-state index contributed by atoms with van der Waals surface area (Å²) in [7, 11) is 0. The molecule has 2 aromatic heterocycles. The van der Waals surface area contributed by atoms with Crippen molar-refractivity contribution in [3.63, 3.8) is 0 Å². The first kappa shape index (κ1) is 15.5. The van der Waals surface area contributed by atoms with Crippen molar-refractivity contribution < 1.29 is 5.11 Å². The number of benzene rings is 1. The van der Waals surface area contributed by atoms with E-state index in [1.165, 1.54) is 16.9 Å². The summed E-state index contributed by atoms with van der Waals surface area (Å²) >= 11 is 1.40. The second kappa shape index (κ2) is 6.14. The van der Waals surface area contributed by atoms with Gasteiger partial charge in [0.1, 0.15) is 0 Å². The third kappa shape index (κ3) is 3.04. The molecular weight excluding hydrogens is 332 g/mol. The first-order valence-electron chi connectivity index (χ1n) is 7.85. The van der Waals surface area contributed by atoms with Crippen molar-refractivity contribution in [2.45, 2.75) is 13.8 Å². The van der Waals surface area contributed by atoms with Gasteiger partial charge < -0.3 is 10.4 Å². The van der Waals surface area contributed by atoms with E-state index in [0.29, 0.717) is 15.8 Å². The summed E-state index contributed by atoms with van der Waals surface area (Å²) in [5, 5.41) is 14.1. The summed E-state index contributed by atoms with van der Waals surface area (Å²) in [5.74, 6) is 0.710.